The number of methoxy groups -OCH3 is 1. The Morgan fingerprint density at radius 1 is 1.43 bits per heavy atom. The molecule has 0 heterocycles. The van der Waals surface area contributed by atoms with Crippen molar-refractivity contribution in [2.45, 2.75) is 44.2 Å². The third kappa shape index (κ3) is 3.20. The molecule has 0 amide bonds. The van der Waals surface area contributed by atoms with Gasteiger partial charge in [0.05, 0.1) is 13.2 Å². The molecule has 1 saturated carbocycles. The van der Waals surface area contributed by atoms with Crippen molar-refractivity contribution in [2.75, 3.05) is 21.2 Å². The van der Waals surface area contributed by atoms with Crippen molar-refractivity contribution in [1.29, 1.82) is 0 Å². The Labute approximate surface area is 133 Å². The fraction of sp³-hybridized carbons (Fsp3) is 0.647. The van der Waals surface area contributed by atoms with Gasteiger partial charge in [0.2, 0.25) is 0 Å². The molecule has 2 rings (SSSR count). The largest absolute Gasteiger partial charge is 0.496 e. The van der Waals surface area contributed by atoms with Crippen LogP contribution in [0.2, 0.25) is 5.02 Å². The number of rotatable bonds is 4. The average Bonchev–Trinajstić information content (AvgIpc) is 2.46. The lowest BCUT2D eigenvalue weighted by Gasteiger charge is -2.49. The first-order valence-electron chi connectivity index (χ1n) is 7.67. The predicted molar refractivity (Wildman–Crippen MR) is 89.0 cm³/mol. The highest BCUT2D eigenvalue weighted by atomic mass is 35.5. The molecule has 0 radical (unpaired) electrons. The maximum Gasteiger partial charge on any atom is 0.123 e. The summed E-state index contributed by atoms with van der Waals surface area (Å²) in [5.41, 5.74) is 7.71. The van der Waals surface area contributed by atoms with E-state index in [9.17, 15) is 0 Å². The van der Waals surface area contributed by atoms with E-state index in [1.165, 1.54) is 12.8 Å². The lowest BCUT2D eigenvalue weighted by Crippen LogP contribution is -2.54. The fourth-order valence-electron chi connectivity index (χ4n) is 3.77. The van der Waals surface area contributed by atoms with Crippen LogP contribution in [0.3, 0.4) is 0 Å². The molecular weight excluding hydrogens is 284 g/mol. The quantitative estimate of drug-likeness (QED) is 0.917. The van der Waals surface area contributed by atoms with E-state index >= 15 is 0 Å². The summed E-state index contributed by atoms with van der Waals surface area (Å²) >= 11 is 6.19. The van der Waals surface area contributed by atoms with E-state index in [4.69, 9.17) is 22.1 Å². The number of benzene rings is 1. The molecule has 4 heteroatoms. The Balaban J connectivity index is 2.43. The number of ether oxygens (including phenoxy) is 1. The number of likely N-dealkylation sites (N-methyl/N-ethyl adjacent to an activating group) is 1. The topological polar surface area (TPSA) is 38.5 Å². The van der Waals surface area contributed by atoms with Gasteiger partial charge in [-0.15, -0.1) is 0 Å². The zero-order chi connectivity index (χ0) is 15.6. The van der Waals surface area contributed by atoms with Gasteiger partial charge in [0.25, 0.3) is 0 Å². The summed E-state index contributed by atoms with van der Waals surface area (Å²) in [5.74, 6) is 1.52. The third-order valence-electron chi connectivity index (χ3n) is 5.00. The zero-order valence-electron chi connectivity index (χ0n) is 13.5. The van der Waals surface area contributed by atoms with E-state index in [2.05, 4.69) is 25.9 Å². The van der Waals surface area contributed by atoms with Gasteiger partial charge in [0.15, 0.2) is 0 Å². The van der Waals surface area contributed by atoms with E-state index in [1.807, 2.05) is 18.2 Å². The molecule has 3 unspecified atom stereocenters. The molecule has 1 fully saturated rings. The standard InChI is InChI=1S/C17H27ClN2O/c1-12-6-5-9-17(11-12,20(2)3)16(19)14-10-13(18)7-8-15(14)21-4/h7-8,10,12,16H,5-6,9,11,19H2,1-4H3. The first kappa shape index (κ1) is 16.6. The molecule has 0 bridgehead atoms. The fourth-order valence-corrected chi connectivity index (χ4v) is 3.95. The molecule has 0 aromatic heterocycles. The van der Waals surface area contributed by atoms with Gasteiger partial charge in [-0.25, -0.2) is 0 Å². The van der Waals surface area contributed by atoms with Crippen LogP contribution in [-0.2, 0) is 0 Å². The van der Waals surface area contributed by atoms with E-state index in [-0.39, 0.29) is 11.6 Å². The van der Waals surface area contributed by atoms with Crippen LogP contribution in [0.15, 0.2) is 18.2 Å². The second kappa shape index (κ2) is 6.55. The maximum absolute atomic E-state index is 6.73. The minimum atomic E-state index is -0.108. The Morgan fingerprint density at radius 2 is 2.14 bits per heavy atom. The first-order chi connectivity index (χ1) is 9.90. The van der Waals surface area contributed by atoms with Crippen LogP contribution in [0.4, 0.5) is 0 Å². The normalized spacial score (nSPS) is 27.7. The average molecular weight is 311 g/mol. The molecular formula is C17H27ClN2O. The zero-order valence-corrected chi connectivity index (χ0v) is 14.3. The molecule has 0 aliphatic heterocycles. The summed E-state index contributed by atoms with van der Waals surface area (Å²) < 4.78 is 5.51. The number of hydrogen-bond donors (Lipinski definition) is 1. The first-order valence-corrected chi connectivity index (χ1v) is 8.05. The predicted octanol–water partition coefficient (Wildman–Crippen LogP) is 3.86. The Kier molecular flexibility index (Phi) is 5.18. The highest BCUT2D eigenvalue weighted by Gasteiger charge is 2.43. The second-order valence-corrected chi connectivity index (χ2v) is 7.00. The van der Waals surface area contributed by atoms with Gasteiger partial charge in [-0.05, 0) is 51.1 Å². The van der Waals surface area contributed by atoms with Crippen LogP contribution in [0.5, 0.6) is 5.75 Å². The molecule has 2 N–H and O–H groups in total. The number of nitrogens with two attached hydrogens (primary N) is 1. The lowest BCUT2D eigenvalue weighted by molar-refractivity contribution is 0.0492. The van der Waals surface area contributed by atoms with Crippen LogP contribution < -0.4 is 10.5 Å². The highest BCUT2D eigenvalue weighted by molar-refractivity contribution is 6.30. The summed E-state index contributed by atoms with van der Waals surface area (Å²) in [6.45, 7) is 2.32. The molecule has 0 saturated heterocycles. The second-order valence-electron chi connectivity index (χ2n) is 6.56. The van der Waals surface area contributed by atoms with Crippen molar-refractivity contribution in [3.05, 3.63) is 28.8 Å². The van der Waals surface area contributed by atoms with Gasteiger partial charge in [-0.3, -0.25) is 0 Å². The lowest BCUT2D eigenvalue weighted by atomic mass is 9.70. The van der Waals surface area contributed by atoms with Crippen molar-refractivity contribution in [3.63, 3.8) is 0 Å². The molecule has 118 valence electrons. The smallest absolute Gasteiger partial charge is 0.123 e. The molecule has 1 aromatic rings. The molecule has 1 aromatic carbocycles. The van der Waals surface area contributed by atoms with Gasteiger partial charge in [-0.2, -0.15) is 0 Å². The van der Waals surface area contributed by atoms with Gasteiger partial charge >= 0.3 is 0 Å². The third-order valence-corrected chi connectivity index (χ3v) is 5.24. The van der Waals surface area contributed by atoms with E-state index in [1.54, 1.807) is 7.11 Å². The monoisotopic (exact) mass is 310 g/mol. The Hall–Kier alpha value is -0.770. The summed E-state index contributed by atoms with van der Waals surface area (Å²) in [5, 5.41) is 0.707. The van der Waals surface area contributed by atoms with E-state index in [0.717, 1.165) is 24.2 Å². The highest BCUT2D eigenvalue weighted by Crippen LogP contribution is 2.45. The SMILES string of the molecule is COc1ccc(Cl)cc1C(N)C1(N(C)C)CCCC(C)C1. The van der Waals surface area contributed by atoms with Gasteiger partial charge < -0.3 is 15.4 Å². The van der Waals surface area contributed by atoms with Gasteiger partial charge in [0, 0.05) is 16.1 Å². The number of hydrogen-bond acceptors (Lipinski definition) is 3. The Morgan fingerprint density at radius 3 is 2.71 bits per heavy atom. The maximum atomic E-state index is 6.73. The minimum Gasteiger partial charge on any atom is -0.496 e. The molecule has 1 aliphatic rings. The molecule has 3 atom stereocenters. The summed E-state index contributed by atoms with van der Waals surface area (Å²) in [6, 6.07) is 5.61. The summed E-state index contributed by atoms with van der Waals surface area (Å²) in [4.78, 5) is 2.30. The van der Waals surface area contributed by atoms with Crippen molar-refractivity contribution in [1.82, 2.24) is 4.90 Å². The van der Waals surface area contributed by atoms with Crippen LogP contribution >= 0.6 is 11.6 Å². The van der Waals surface area contributed by atoms with Gasteiger partial charge in [-0.1, -0.05) is 31.4 Å². The molecule has 21 heavy (non-hydrogen) atoms. The van der Waals surface area contributed by atoms with Crippen molar-refractivity contribution in [2.24, 2.45) is 11.7 Å². The Bertz CT molecular complexity index is 492. The number of halogens is 1. The number of nitrogens with zero attached hydrogens (tertiary/aromatic N) is 1. The summed E-state index contributed by atoms with van der Waals surface area (Å²) in [6.07, 6.45) is 4.73. The molecule has 3 nitrogen and oxygen atoms in total. The van der Waals surface area contributed by atoms with Crippen molar-refractivity contribution in [3.8, 4) is 5.75 Å². The molecule has 0 spiro atoms. The summed E-state index contributed by atoms with van der Waals surface area (Å²) in [7, 11) is 5.95. The molecule has 1 aliphatic carbocycles. The van der Waals surface area contributed by atoms with Crippen molar-refractivity contribution >= 4 is 11.6 Å². The minimum absolute atomic E-state index is 0.0321. The van der Waals surface area contributed by atoms with E-state index < -0.39 is 0 Å². The van der Waals surface area contributed by atoms with Crippen molar-refractivity contribution < 1.29 is 4.74 Å². The van der Waals surface area contributed by atoms with E-state index in [0.29, 0.717) is 10.9 Å². The van der Waals surface area contributed by atoms with Crippen LogP contribution in [0, 0.1) is 5.92 Å². The van der Waals surface area contributed by atoms with Crippen LogP contribution in [0.1, 0.15) is 44.2 Å². The van der Waals surface area contributed by atoms with Crippen LogP contribution in [0.25, 0.3) is 0 Å². The van der Waals surface area contributed by atoms with Crippen LogP contribution in [-0.4, -0.2) is 31.6 Å². The van der Waals surface area contributed by atoms with Gasteiger partial charge in [0.1, 0.15) is 5.75 Å².